The molecule has 2 fully saturated rings. The van der Waals surface area contributed by atoms with Crippen LogP contribution in [-0.2, 0) is 10.2 Å². The summed E-state index contributed by atoms with van der Waals surface area (Å²) in [4.78, 5) is 1.18. The zero-order chi connectivity index (χ0) is 14.2. The second kappa shape index (κ2) is 5.75. The molecular weight excluding hydrogens is 292 g/mol. The smallest absolute Gasteiger partial charge is 0.195 e. The monoisotopic (exact) mass is 314 g/mol. The molecule has 0 N–H and O–H groups in total. The number of thiophene rings is 1. The zero-order valence-electron chi connectivity index (χ0n) is 11.9. The molecule has 4 nitrogen and oxygen atoms in total. The van der Waals surface area contributed by atoms with Crippen molar-refractivity contribution < 1.29 is 8.42 Å². The fourth-order valence-electron chi connectivity index (χ4n) is 3.29. The molecule has 0 saturated carbocycles. The Labute approximate surface area is 125 Å². The Balaban J connectivity index is 1.83. The maximum atomic E-state index is 12.9. The Kier molecular flexibility index (Phi) is 4.17. The van der Waals surface area contributed by atoms with E-state index in [4.69, 9.17) is 0 Å². The highest BCUT2D eigenvalue weighted by atomic mass is 32.2. The molecule has 0 spiro atoms. The van der Waals surface area contributed by atoms with Crippen molar-refractivity contribution in [2.24, 2.45) is 5.92 Å². The van der Waals surface area contributed by atoms with E-state index < -0.39 is 10.2 Å². The lowest BCUT2D eigenvalue weighted by Crippen LogP contribution is -2.47. The highest BCUT2D eigenvalue weighted by Gasteiger charge is 2.40. The fraction of sp³-hybridized carbons (Fsp3) is 0.714. The van der Waals surface area contributed by atoms with Gasteiger partial charge in [-0.15, -0.1) is 11.3 Å². The SMILES string of the molecule is C[C@@H]1CCCN(S(=O)(=O)N2CCC[C@H]2c2cccs2)C1. The van der Waals surface area contributed by atoms with Crippen molar-refractivity contribution in [3.8, 4) is 0 Å². The molecule has 0 unspecified atom stereocenters. The lowest BCUT2D eigenvalue weighted by atomic mass is 10.0. The summed E-state index contributed by atoms with van der Waals surface area (Å²) in [6.45, 7) is 4.16. The molecule has 112 valence electrons. The van der Waals surface area contributed by atoms with Crippen molar-refractivity contribution >= 4 is 21.5 Å². The minimum absolute atomic E-state index is 0.0530. The Morgan fingerprint density at radius 2 is 2.05 bits per heavy atom. The average Bonchev–Trinajstić information content (AvgIpc) is 3.09. The molecule has 1 aromatic heterocycles. The van der Waals surface area contributed by atoms with Gasteiger partial charge in [0.05, 0.1) is 6.04 Å². The highest BCUT2D eigenvalue weighted by molar-refractivity contribution is 7.86. The van der Waals surface area contributed by atoms with Crippen molar-refractivity contribution in [2.45, 2.75) is 38.6 Å². The summed E-state index contributed by atoms with van der Waals surface area (Å²) in [5.74, 6) is 0.473. The first-order chi connectivity index (χ1) is 9.59. The van der Waals surface area contributed by atoms with E-state index in [9.17, 15) is 8.42 Å². The van der Waals surface area contributed by atoms with E-state index in [1.807, 2.05) is 11.4 Å². The molecule has 0 aliphatic carbocycles. The molecular formula is C14H22N2O2S2. The predicted molar refractivity (Wildman–Crippen MR) is 81.9 cm³/mol. The van der Waals surface area contributed by atoms with Crippen molar-refractivity contribution in [3.63, 3.8) is 0 Å². The maximum absolute atomic E-state index is 12.9. The standard InChI is InChI=1S/C14H22N2O2S2/c1-12-5-2-8-15(11-12)20(17,18)16-9-3-6-13(16)14-7-4-10-19-14/h4,7,10,12-13H,2-3,5-6,8-9,11H2,1H3/t12-,13+/m1/s1. The average molecular weight is 314 g/mol. The van der Waals surface area contributed by atoms with E-state index >= 15 is 0 Å². The number of rotatable bonds is 3. The molecule has 0 amide bonds. The second-order valence-corrected chi connectivity index (χ2v) is 8.76. The molecule has 1 aromatic rings. The number of piperidine rings is 1. The van der Waals surface area contributed by atoms with Crippen LogP contribution in [0.2, 0.25) is 0 Å². The van der Waals surface area contributed by atoms with Crippen molar-refractivity contribution in [3.05, 3.63) is 22.4 Å². The summed E-state index contributed by atoms with van der Waals surface area (Å²) < 4.78 is 29.2. The van der Waals surface area contributed by atoms with E-state index in [2.05, 4.69) is 13.0 Å². The molecule has 2 aliphatic rings. The first kappa shape index (κ1) is 14.5. The maximum Gasteiger partial charge on any atom is 0.282 e. The number of hydrogen-bond donors (Lipinski definition) is 0. The first-order valence-corrected chi connectivity index (χ1v) is 9.67. The highest BCUT2D eigenvalue weighted by Crippen LogP contribution is 2.38. The first-order valence-electron chi connectivity index (χ1n) is 7.39. The zero-order valence-corrected chi connectivity index (χ0v) is 13.5. The third kappa shape index (κ3) is 2.66. The molecule has 2 atom stereocenters. The van der Waals surface area contributed by atoms with Crippen LogP contribution in [-0.4, -0.2) is 36.7 Å². The molecule has 0 bridgehead atoms. The molecule has 3 heterocycles. The van der Waals surface area contributed by atoms with Crippen LogP contribution in [0, 0.1) is 5.92 Å². The Hall–Kier alpha value is -0.430. The molecule has 2 aliphatic heterocycles. The van der Waals surface area contributed by atoms with Crippen LogP contribution in [0.3, 0.4) is 0 Å². The van der Waals surface area contributed by atoms with Gasteiger partial charge in [0.25, 0.3) is 10.2 Å². The minimum atomic E-state index is -3.30. The topological polar surface area (TPSA) is 40.6 Å². The summed E-state index contributed by atoms with van der Waals surface area (Å²) in [7, 11) is -3.30. The van der Waals surface area contributed by atoms with Gasteiger partial charge in [-0.25, -0.2) is 0 Å². The molecule has 2 saturated heterocycles. The van der Waals surface area contributed by atoms with Gasteiger partial charge in [-0.3, -0.25) is 0 Å². The molecule has 0 aromatic carbocycles. The van der Waals surface area contributed by atoms with Gasteiger partial charge < -0.3 is 0 Å². The lowest BCUT2D eigenvalue weighted by molar-refractivity contribution is 0.254. The molecule has 6 heteroatoms. The van der Waals surface area contributed by atoms with Gasteiger partial charge in [-0.1, -0.05) is 13.0 Å². The van der Waals surface area contributed by atoms with E-state index in [0.717, 1.165) is 25.7 Å². The minimum Gasteiger partial charge on any atom is -0.195 e. The third-order valence-corrected chi connectivity index (χ3v) is 7.31. The second-order valence-electron chi connectivity index (χ2n) is 5.90. The van der Waals surface area contributed by atoms with Gasteiger partial charge in [0.1, 0.15) is 0 Å². The Morgan fingerprint density at radius 3 is 2.75 bits per heavy atom. The lowest BCUT2D eigenvalue weighted by Gasteiger charge is -2.35. The normalized spacial score (nSPS) is 29.9. The van der Waals surface area contributed by atoms with Gasteiger partial charge in [0, 0.05) is 24.5 Å². The van der Waals surface area contributed by atoms with Gasteiger partial charge in [-0.2, -0.15) is 17.0 Å². The van der Waals surface area contributed by atoms with E-state index in [0.29, 0.717) is 25.6 Å². The summed E-state index contributed by atoms with van der Waals surface area (Å²) in [6, 6.07) is 4.12. The van der Waals surface area contributed by atoms with Crippen LogP contribution < -0.4 is 0 Å². The summed E-state index contributed by atoms with van der Waals surface area (Å²) in [6.07, 6.45) is 4.03. The predicted octanol–water partition coefficient (Wildman–Crippen LogP) is 2.86. The van der Waals surface area contributed by atoms with Crippen LogP contribution >= 0.6 is 11.3 Å². The summed E-state index contributed by atoms with van der Waals surface area (Å²) in [5, 5.41) is 2.03. The Bertz CT molecular complexity index is 542. The van der Waals surface area contributed by atoms with Crippen molar-refractivity contribution in [1.82, 2.24) is 8.61 Å². The van der Waals surface area contributed by atoms with Crippen LogP contribution in [0.15, 0.2) is 17.5 Å². The van der Waals surface area contributed by atoms with Crippen LogP contribution in [0.4, 0.5) is 0 Å². The van der Waals surface area contributed by atoms with Crippen LogP contribution in [0.5, 0.6) is 0 Å². The van der Waals surface area contributed by atoms with E-state index in [1.165, 1.54) is 4.88 Å². The van der Waals surface area contributed by atoms with Gasteiger partial charge in [0.2, 0.25) is 0 Å². The fourth-order valence-corrected chi connectivity index (χ4v) is 6.23. The Morgan fingerprint density at radius 1 is 1.25 bits per heavy atom. The third-order valence-electron chi connectivity index (χ3n) is 4.32. The quantitative estimate of drug-likeness (QED) is 0.861. The van der Waals surface area contributed by atoms with E-state index in [1.54, 1.807) is 19.9 Å². The molecule has 3 rings (SSSR count). The number of nitrogens with zero attached hydrogens (tertiary/aromatic N) is 2. The van der Waals surface area contributed by atoms with Gasteiger partial charge in [0.15, 0.2) is 0 Å². The molecule has 20 heavy (non-hydrogen) atoms. The number of hydrogen-bond acceptors (Lipinski definition) is 3. The van der Waals surface area contributed by atoms with Gasteiger partial charge >= 0.3 is 0 Å². The van der Waals surface area contributed by atoms with Crippen molar-refractivity contribution in [2.75, 3.05) is 19.6 Å². The van der Waals surface area contributed by atoms with Gasteiger partial charge in [-0.05, 0) is 43.0 Å². The summed E-state index contributed by atoms with van der Waals surface area (Å²) >= 11 is 1.66. The largest absolute Gasteiger partial charge is 0.282 e. The van der Waals surface area contributed by atoms with Crippen LogP contribution in [0.25, 0.3) is 0 Å². The molecule has 0 radical (unpaired) electrons. The van der Waals surface area contributed by atoms with Crippen LogP contribution in [0.1, 0.15) is 43.5 Å². The van der Waals surface area contributed by atoms with E-state index in [-0.39, 0.29) is 6.04 Å². The van der Waals surface area contributed by atoms with Crippen molar-refractivity contribution in [1.29, 1.82) is 0 Å². The summed E-state index contributed by atoms with van der Waals surface area (Å²) in [5.41, 5.74) is 0.